The second kappa shape index (κ2) is 4.61. The molecule has 0 spiro atoms. The zero-order chi connectivity index (χ0) is 12.5. The lowest BCUT2D eigenvalue weighted by Gasteiger charge is -2.43. The van der Waals surface area contributed by atoms with E-state index in [1.165, 1.54) is 6.92 Å². The van der Waals surface area contributed by atoms with Gasteiger partial charge >= 0.3 is 6.18 Å². The number of carbonyl (C=O) groups is 1. The van der Waals surface area contributed by atoms with E-state index in [2.05, 4.69) is 0 Å². The van der Waals surface area contributed by atoms with Crippen molar-refractivity contribution in [1.82, 2.24) is 9.80 Å². The Balaban J connectivity index is 2.82. The van der Waals surface area contributed by atoms with Gasteiger partial charge in [-0.05, 0) is 13.8 Å². The van der Waals surface area contributed by atoms with Gasteiger partial charge in [-0.15, -0.1) is 0 Å². The van der Waals surface area contributed by atoms with E-state index in [0.29, 0.717) is 6.54 Å². The number of carbonyl (C=O) groups excluding carboxylic acids is 1. The lowest BCUT2D eigenvalue weighted by Crippen LogP contribution is -2.61. The van der Waals surface area contributed by atoms with Gasteiger partial charge in [0.25, 0.3) is 0 Å². The van der Waals surface area contributed by atoms with Gasteiger partial charge < -0.3 is 4.90 Å². The molecule has 0 bridgehead atoms. The first-order valence-corrected chi connectivity index (χ1v) is 5.31. The Morgan fingerprint density at radius 3 is 2.25 bits per heavy atom. The molecule has 0 radical (unpaired) electrons. The fraction of sp³-hybridized carbons (Fsp3) is 0.900. The molecule has 94 valence electrons. The van der Waals surface area contributed by atoms with E-state index >= 15 is 0 Å². The van der Waals surface area contributed by atoms with E-state index in [0.717, 1.165) is 4.90 Å². The number of alkyl halides is 3. The van der Waals surface area contributed by atoms with Gasteiger partial charge in [0.2, 0.25) is 5.91 Å². The molecule has 3 nitrogen and oxygen atoms in total. The van der Waals surface area contributed by atoms with E-state index < -0.39 is 18.1 Å². The number of amides is 1. The lowest BCUT2D eigenvalue weighted by atomic mass is 10.1. The average Bonchev–Trinajstić information content (AvgIpc) is 2.15. The van der Waals surface area contributed by atoms with Crippen molar-refractivity contribution in [3.63, 3.8) is 0 Å². The first kappa shape index (κ1) is 13.3. The molecule has 0 saturated carbocycles. The molecule has 0 aliphatic carbocycles. The molecule has 0 aromatic heterocycles. The number of halogens is 3. The summed E-state index contributed by atoms with van der Waals surface area (Å²) in [7, 11) is 0. The number of nitrogens with zero attached hydrogens (tertiary/aromatic N) is 2. The van der Waals surface area contributed by atoms with Crippen LogP contribution in [0, 0.1) is 0 Å². The highest BCUT2D eigenvalue weighted by atomic mass is 19.4. The monoisotopic (exact) mass is 238 g/mol. The van der Waals surface area contributed by atoms with E-state index in [1.54, 1.807) is 4.90 Å². The zero-order valence-corrected chi connectivity index (χ0v) is 9.71. The summed E-state index contributed by atoms with van der Waals surface area (Å²) in [5.74, 6) is -0.509. The van der Waals surface area contributed by atoms with Crippen LogP contribution in [0.4, 0.5) is 13.2 Å². The van der Waals surface area contributed by atoms with Crippen molar-refractivity contribution in [2.45, 2.75) is 39.0 Å². The van der Waals surface area contributed by atoms with Gasteiger partial charge in [0.05, 0.1) is 0 Å². The second-order valence-electron chi connectivity index (χ2n) is 4.36. The van der Waals surface area contributed by atoms with Gasteiger partial charge in [0, 0.05) is 32.6 Å². The maximum Gasteiger partial charge on any atom is 0.410 e. The van der Waals surface area contributed by atoms with Crippen LogP contribution < -0.4 is 0 Å². The van der Waals surface area contributed by atoms with Gasteiger partial charge in [-0.2, -0.15) is 13.2 Å². The smallest absolute Gasteiger partial charge is 0.328 e. The molecule has 1 fully saturated rings. The predicted molar refractivity (Wildman–Crippen MR) is 53.9 cm³/mol. The fourth-order valence-electron chi connectivity index (χ4n) is 1.93. The quantitative estimate of drug-likeness (QED) is 0.691. The van der Waals surface area contributed by atoms with E-state index in [-0.39, 0.29) is 19.1 Å². The number of hydrogen-bond acceptors (Lipinski definition) is 2. The standard InChI is InChI=1S/C10H17F3N2O/c1-7(2)14-4-5-15(8(3)16)9(6-14)10(11,12)13/h7,9H,4-6H2,1-3H3. The van der Waals surface area contributed by atoms with Crippen molar-refractivity contribution in [1.29, 1.82) is 0 Å². The highest BCUT2D eigenvalue weighted by molar-refractivity contribution is 5.73. The van der Waals surface area contributed by atoms with Crippen LogP contribution in [-0.2, 0) is 4.79 Å². The molecule has 16 heavy (non-hydrogen) atoms. The Morgan fingerprint density at radius 2 is 1.88 bits per heavy atom. The fourth-order valence-corrected chi connectivity index (χ4v) is 1.93. The molecular formula is C10H17F3N2O. The molecule has 0 aromatic carbocycles. The summed E-state index contributed by atoms with van der Waals surface area (Å²) in [6.07, 6.45) is -4.35. The van der Waals surface area contributed by atoms with Crippen LogP contribution in [0.5, 0.6) is 0 Å². The van der Waals surface area contributed by atoms with Crippen molar-refractivity contribution < 1.29 is 18.0 Å². The summed E-state index contributed by atoms with van der Waals surface area (Å²) in [5.41, 5.74) is 0. The van der Waals surface area contributed by atoms with E-state index in [4.69, 9.17) is 0 Å². The molecule has 1 amide bonds. The molecule has 1 aliphatic rings. The third-order valence-electron chi connectivity index (χ3n) is 2.92. The third kappa shape index (κ3) is 2.87. The summed E-state index contributed by atoms with van der Waals surface area (Å²) >= 11 is 0. The average molecular weight is 238 g/mol. The van der Waals surface area contributed by atoms with E-state index in [9.17, 15) is 18.0 Å². The Labute approximate surface area is 93.2 Å². The van der Waals surface area contributed by atoms with Crippen molar-refractivity contribution in [3.05, 3.63) is 0 Å². The first-order chi connectivity index (χ1) is 7.23. The minimum atomic E-state index is -4.35. The van der Waals surface area contributed by atoms with Crippen LogP contribution in [0.2, 0.25) is 0 Å². The number of rotatable bonds is 1. The van der Waals surface area contributed by atoms with Gasteiger partial charge in [0.15, 0.2) is 0 Å². The molecule has 6 heteroatoms. The molecule has 1 aliphatic heterocycles. The molecule has 1 heterocycles. The van der Waals surface area contributed by atoms with Crippen LogP contribution in [0.1, 0.15) is 20.8 Å². The largest absolute Gasteiger partial charge is 0.410 e. The van der Waals surface area contributed by atoms with Gasteiger partial charge in [-0.3, -0.25) is 9.69 Å². The van der Waals surface area contributed by atoms with Crippen molar-refractivity contribution in [2.75, 3.05) is 19.6 Å². The minimum Gasteiger partial charge on any atom is -0.328 e. The van der Waals surface area contributed by atoms with Crippen molar-refractivity contribution in [3.8, 4) is 0 Å². The van der Waals surface area contributed by atoms with Crippen LogP contribution in [0.3, 0.4) is 0 Å². The maximum atomic E-state index is 12.8. The summed E-state index contributed by atoms with van der Waals surface area (Å²) in [6.45, 7) is 5.43. The highest BCUT2D eigenvalue weighted by Gasteiger charge is 2.47. The van der Waals surface area contributed by atoms with Crippen LogP contribution in [0.15, 0.2) is 0 Å². The van der Waals surface area contributed by atoms with Crippen LogP contribution >= 0.6 is 0 Å². The Bertz CT molecular complexity index is 265. The minimum absolute atomic E-state index is 0.0685. The summed E-state index contributed by atoms with van der Waals surface area (Å²) < 4.78 is 38.3. The second-order valence-corrected chi connectivity index (χ2v) is 4.36. The summed E-state index contributed by atoms with van der Waals surface area (Å²) in [5, 5.41) is 0. The SMILES string of the molecule is CC(=O)N1CCN(C(C)C)CC1C(F)(F)F. The number of piperazine rings is 1. The highest BCUT2D eigenvalue weighted by Crippen LogP contribution is 2.28. The van der Waals surface area contributed by atoms with Crippen LogP contribution in [0.25, 0.3) is 0 Å². The molecule has 0 N–H and O–H groups in total. The molecule has 1 atom stereocenters. The third-order valence-corrected chi connectivity index (χ3v) is 2.92. The maximum absolute atomic E-state index is 12.8. The summed E-state index contributed by atoms with van der Waals surface area (Å²) in [6, 6.07) is -1.60. The Morgan fingerprint density at radius 1 is 1.31 bits per heavy atom. The van der Waals surface area contributed by atoms with Gasteiger partial charge in [-0.25, -0.2) is 0 Å². The molecule has 1 saturated heterocycles. The lowest BCUT2D eigenvalue weighted by molar-refractivity contribution is -0.201. The van der Waals surface area contributed by atoms with Gasteiger partial charge in [-0.1, -0.05) is 0 Å². The van der Waals surface area contributed by atoms with Crippen molar-refractivity contribution >= 4 is 5.91 Å². The summed E-state index contributed by atoms with van der Waals surface area (Å²) in [4.78, 5) is 13.8. The molecular weight excluding hydrogens is 221 g/mol. The number of hydrogen-bond donors (Lipinski definition) is 0. The van der Waals surface area contributed by atoms with Gasteiger partial charge in [0.1, 0.15) is 6.04 Å². The Hall–Kier alpha value is -0.780. The predicted octanol–water partition coefficient (Wildman–Crippen LogP) is 1.49. The zero-order valence-electron chi connectivity index (χ0n) is 9.71. The van der Waals surface area contributed by atoms with E-state index in [1.807, 2.05) is 13.8 Å². The molecule has 1 unspecified atom stereocenters. The first-order valence-electron chi connectivity index (χ1n) is 5.31. The molecule has 0 aromatic rings. The van der Waals surface area contributed by atoms with Crippen molar-refractivity contribution in [2.24, 2.45) is 0 Å². The van der Waals surface area contributed by atoms with Crippen LogP contribution in [-0.4, -0.2) is 53.6 Å². The Kier molecular flexibility index (Phi) is 3.83. The topological polar surface area (TPSA) is 23.6 Å². The molecule has 1 rings (SSSR count). The normalized spacial score (nSPS) is 23.9.